The Morgan fingerprint density at radius 1 is 1.50 bits per heavy atom. The van der Waals surface area contributed by atoms with E-state index in [2.05, 4.69) is 9.71 Å². The van der Waals surface area contributed by atoms with E-state index < -0.39 is 15.6 Å². The van der Waals surface area contributed by atoms with Crippen LogP contribution in [0.5, 0.6) is 0 Å². The summed E-state index contributed by atoms with van der Waals surface area (Å²) >= 11 is 0. The first-order valence-corrected chi connectivity index (χ1v) is 7.39. The molecule has 0 fully saturated rings. The molecule has 104 valence electrons. The molecule has 7 heteroatoms. The molecule has 18 heavy (non-hydrogen) atoms. The molecule has 0 aliphatic rings. The number of hydrogen-bond acceptors (Lipinski definition) is 4. The van der Waals surface area contributed by atoms with Crippen LogP contribution in [0.1, 0.15) is 33.0 Å². The molecular weight excluding hydrogens is 254 g/mol. The van der Waals surface area contributed by atoms with Crippen LogP contribution in [0.2, 0.25) is 0 Å². The van der Waals surface area contributed by atoms with E-state index in [0.29, 0.717) is 18.8 Å². The molecule has 0 aromatic carbocycles. The Labute approximate surface area is 108 Å². The summed E-state index contributed by atoms with van der Waals surface area (Å²) in [5.74, 6) is 0.665. The highest BCUT2D eigenvalue weighted by Gasteiger charge is 2.27. The summed E-state index contributed by atoms with van der Waals surface area (Å²) in [5, 5.41) is 8.92. The molecule has 0 spiro atoms. The van der Waals surface area contributed by atoms with Gasteiger partial charge in [0.2, 0.25) is 0 Å². The van der Waals surface area contributed by atoms with E-state index in [-0.39, 0.29) is 11.6 Å². The van der Waals surface area contributed by atoms with Crippen molar-refractivity contribution in [2.75, 3.05) is 6.61 Å². The number of rotatable bonds is 6. The van der Waals surface area contributed by atoms with Crippen LogP contribution in [-0.4, -0.2) is 35.2 Å². The second-order valence-electron chi connectivity index (χ2n) is 4.88. The minimum atomic E-state index is -3.64. The lowest BCUT2D eigenvalue weighted by Gasteiger charge is -2.24. The number of hydrogen-bond donors (Lipinski definition) is 2. The Kier molecular flexibility index (Phi) is 4.52. The number of aliphatic hydroxyl groups is 1. The van der Waals surface area contributed by atoms with E-state index in [0.717, 1.165) is 0 Å². The number of sulfonamides is 1. The summed E-state index contributed by atoms with van der Waals surface area (Å²) in [6.45, 7) is 7.75. The predicted molar refractivity (Wildman–Crippen MR) is 68.7 cm³/mol. The number of nitrogens with one attached hydrogen (secondary N) is 1. The number of aliphatic hydroxyl groups excluding tert-OH is 1. The van der Waals surface area contributed by atoms with E-state index in [1.54, 1.807) is 25.3 Å². The molecular formula is C11H21N3O3S. The first-order valence-electron chi connectivity index (χ1n) is 5.90. The smallest absolute Gasteiger partial charge is 0.260 e. The van der Waals surface area contributed by atoms with Crippen molar-refractivity contribution in [1.29, 1.82) is 0 Å². The maximum Gasteiger partial charge on any atom is 0.260 e. The normalized spacial score (nSPS) is 12.9. The molecule has 0 radical (unpaired) electrons. The first kappa shape index (κ1) is 15.1. The van der Waals surface area contributed by atoms with Crippen molar-refractivity contribution >= 4 is 10.0 Å². The zero-order chi connectivity index (χ0) is 14.0. The van der Waals surface area contributed by atoms with Crippen LogP contribution >= 0.6 is 0 Å². The summed E-state index contributed by atoms with van der Waals surface area (Å²) in [6, 6.07) is 0. The number of aryl methyl sites for hydroxylation is 2. The molecule has 0 saturated carbocycles. The Hall–Kier alpha value is -0.920. The van der Waals surface area contributed by atoms with Gasteiger partial charge in [-0.2, -0.15) is 0 Å². The Morgan fingerprint density at radius 3 is 2.56 bits per heavy atom. The van der Waals surface area contributed by atoms with Crippen molar-refractivity contribution in [3.63, 3.8) is 0 Å². The van der Waals surface area contributed by atoms with Crippen molar-refractivity contribution < 1.29 is 13.5 Å². The average Bonchev–Trinajstić information content (AvgIpc) is 2.58. The molecule has 0 unspecified atom stereocenters. The van der Waals surface area contributed by atoms with Gasteiger partial charge in [-0.3, -0.25) is 0 Å². The van der Waals surface area contributed by atoms with Gasteiger partial charge in [-0.05, 0) is 34.1 Å². The highest BCUT2D eigenvalue weighted by atomic mass is 32.2. The fraction of sp³-hybridized carbons (Fsp3) is 0.727. The quantitative estimate of drug-likeness (QED) is 0.798. The van der Waals surface area contributed by atoms with Crippen LogP contribution in [0.25, 0.3) is 0 Å². The van der Waals surface area contributed by atoms with E-state index in [1.807, 2.05) is 6.92 Å². The summed E-state index contributed by atoms with van der Waals surface area (Å²) in [6.07, 6.45) is 1.87. The van der Waals surface area contributed by atoms with Crippen molar-refractivity contribution in [2.24, 2.45) is 0 Å². The average molecular weight is 275 g/mol. The topological polar surface area (TPSA) is 84.2 Å². The summed E-state index contributed by atoms with van der Waals surface area (Å²) in [4.78, 5) is 4.05. The molecule has 1 heterocycles. The van der Waals surface area contributed by atoms with Gasteiger partial charge in [0.1, 0.15) is 5.82 Å². The number of nitrogens with zero attached hydrogens (tertiary/aromatic N) is 2. The van der Waals surface area contributed by atoms with Crippen LogP contribution in [0, 0.1) is 6.92 Å². The highest BCUT2D eigenvalue weighted by Crippen LogP contribution is 2.15. The molecule has 1 aromatic rings. The molecule has 0 atom stereocenters. The maximum absolute atomic E-state index is 12.1. The summed E-state index contributed by atoms with van der Waals surface area (Å²) in [7, 11) is -3.64. The van der Waals surface area contributed by atoms with Crippen LogP contribution < -0.4 is 4.72 Å². The molecule has 1 aromatic heterocycles. The Morgan fingerprint density at radius 2 is 2.11 bits per heavy atom. The minimum absolute atomic E-state index is 0.0212. The fourth-order valence-electron chi connectivity index (χ4n) is 1.68. The fourth-order valence-corrected chi connectivity index (χ4v) is 3.13. The van der Waals surface area contributed by atoms with Crippen molar-refractivity contribution in [2.45, 2.75) is 51.2 Å². The zero-order valence-electron chi connectivity index (χ0n) is 11.3. The second-order valence-corrected chi connectivity index (χ2v) is 6.50. The van der Waals surface area contributed by atoms with Gasteiger partial charge >= 0.3 is 0 Å². The molecule has 2 N–H and O–H groups in total. The third kappa shape index (κ3) is 3.54. The van der Waals surface area contributed by atoms with Gasteiger partial charge in [-0.1, -0.05) is 0 Å². The van der Waals surface area contributed by atoms with E-state index in [1.165, 1.54) is 6.20 Å². The number of aromatic nitrogens is 2. The largest absolute Gasteiger partial charge is 0.396 e. The number of imidazole rings is 1. The van der Waals surface area contributed by atoms with Gasteiger partial charge < -0.3 is 9.67 Å². The molecule has 0 amide bonds. The lowest BCUT2D eigenvalue weighted by Crippen LogP contribution is -2.44. The lowest BCUT2D eigenvalue weighted by molar-refractivity contribution is 0.245. The maximum atomic E-state index is 12.1. The standard InChI is InChI=1S/C11H21N3O3S/c1-5-14-8-10(12-9(14)2)18(16,17)13-11(3,4)6-7-15/h8,13,15H,5-7H2,1-4H3. The molecule has 1 rings (SSSR count). The van der Waals surface area contributed by atoms with Gasteiger partial charge in [-0.25, -0.2) is 18.1 Å². The van der Waals surface area contributed by atoms with E-state index in [9.17, 15) is 8.42 Å². The second kappa shape index (κ2) is 5.38. The third-order valence-electron chi connectivity index (χ3n) is 2.72. The van der Waals surface area contributed by atoms with Crippen LogP contribution in [-0.2, 0) is 16.6 Å². The zero-order valence-corrected chi connectivity index (χ0v) is 12.1. The van der Waals surface area contributed by atoms with Gasteiger partial charge in [0.05, 0.1) is 0 Å². The highest BCUT2D eigenvalue weighted by molar-refractivity contribution is 7.89. The monoisotopic (exact) mass is 275 g/mol. The van der Waals surface area contributed by atoms with Crippen molar-refractivity contribution in [1.82, 2.24) is 14.3 Å². The third-order valence-corrected chi connectivity index (χ3v) is 4.29. The van der Waals surface area contributed by atoms with Gasteiger partial charge in [0, 0.05) is 24.9 Å². The van der Waals surface area contributed by atoms with Crippen LogP contribution in [0.4, 0.5) is 0 Å². The Balaban J connectivity index is 2.99. The predicted octanol–water partition coefficient (Wildman–Crippen LogP) is 0.651. The van der Waals surface area contributed by atoms with E-state index >= 15 is 0 Å². The minimum Gasteiger partial charge on any atom is -0.396 e. The lowest BCUT2D eigenvalue weighted by atomic mass is 10.0. The van der Waals surface area contributed by atoms with Gasteiger partial charge in [0.15, 0.2) is 5.03 Å². The first-order chi connectivity index (χ1) is 8.22. The van der Waals surface area contributed by atoms with Crippen molar-refractivity contribution in [3.05, 3.63) is 12.0 Å². The molecule has 0 bridgehead atoms. The SMILES string of the molecule is CCn1cc(S(=O)(=O)NC(C)(C)CCO)nc1C. The Bertz CT molecular complexity index is 506. The van der Waals surface area contributed by atoms with Crippen LogP contribution in [0.3, 0.4) is 0 Å². The van der Waals surface area contributed by atoms with E-state index in [4.69, 9.17) is 5.11 Å². The van der Waals surface area contributed by atoms with Gasteiger partial charge in [-0.15, -0.1) is 0 Å². The summed E-state index contributed by atoms with van der Waals surface area (Å²) < 4.78 is 28.6. The van der Waals surface area contributed by atoms with Crippen molar-refractivity contribution in [3.8, 4) is 0 Å². The van der Waals surface area contributed by atoms with Gasteiger partial charge in [0.25, 0.3) is 10.0 Å². The summed E-state index contributed by atoms with van der Waals surface area (Å²) in [5.41, 5.74) is -0.697. The molecule has 0 saturated heterocycles. The molecule has 0 aliphatic carbocycles. The molecule has 0 aliphatic heterocycles. The van der Waals surface area contributed by atoms with Crippen LogP contribution in [0.15, 0.2) is 11.2 Å². The molecule has 6 nitrogen and oxygen atoms in total.